The zero-order valence-electron chi connectivity index (χ0n) is 22.7. The summed E-state index contributed by atoms with van der Waals surface area (Å²) < 4.78 is 26.5. The fourth-order valence-electron chi connectivity index (χ4n) is 3.27. The Bertz CT molecular complexity index is 1380. The summed E-state index contributed by atoms with van der Waals surface area (Å²) in [5, 5.41) is 0. The highest BCUT2D eigenvalue weighted by atomic mass is 32.2. The Morgan fingerprint density at radius 2 is 1.37 bits per heavy atom. The van der Waals surface area contributed by atoms with Crippen LogP contribution in [0.25, 0.3) is 4.91 Å². The van der Waals surface area contributed by atoms with Crippen LogP contribution >= 0.6 is 11.8 Å². The Hall–Kier alpha value is -4.76. The standard InChI is InChI=1S/C32H31NO7S/c1-5-31(34)39-19-17-37-27-12-7-24(8-13-27)22-33-26-11-16-30(29(21-26)36-4)41-23(3)25-9-14-28(15-10-25)38-18-20-40-32(35)6-2/h5-16,21-22H,1-3,17-20H2,4H3. The normalized spacial score (nSPS) is 10.5. The van der Waals surface area contributed by atoms with E-state index >= 15 is 0 Å². The molecule has 0 heterocycles. The van der Waals surface area contributed by atoms with Gasteiger partial charge in [0, 0.05) is 29.3 Å². The quantitative estimate of drug-likeness (QED) is 0.0637. The average Bonchev–Trinajstić information content (AvgIpc) is 3.01. The number of ether oxygens (including phenoxy) is 5. The molecule has 0 aliphatic heterocycles. The zero-order chi connectivity index (χ0) is 29.5. The lowest BCUT2D eigenvalue weighted by Crippen LogP contribution is -2.10. The molecule has 3 rings (SSSR count). The Labute approximate surface area is 243 Å². The van der Waals surface area contributed by atoms with Gasteiger partial charge in [-0.3, -0.25) is 4.99 Å². The van der Waals surface area contributed by atoms with Crippen LogP contribution in [0.5, 0.6) is 17.2 Å². The summed E-state index contributed by atoms with van der Waals surface area (Å²) in [5.41, 5.74) is 2.57. The molecule has 3 aromatic carbocycles. The Kier molecular flexibility index (Phi) is 12.3. The topological polar surface area (TPSA) is 92.7 Å². The molecule has 0 radical (unpaired) electrons. The van der Waals surface area contributed by atoms with E-state index in [0.717, 1.165) is 38.8 Å². The molecule has 212 valence electrons. The van der Waals surface area contributed by atoms with Crippen LogP contribution in [0.1, 0.15) is 11.1 Å². The van der Waals surface area contributed by atoms with Crippen molar-refractivity contribution in [3.8, 4) is 17.2 Å². The van der Waals surface area contributed by atoms with E-state index in [2.05, 4.69) is 24.7 Å². The van der Waals surface area contributed by atoms with E-state index in [-0.39, 0.29) is 26.4 Å². The largest absolute Gasteiger partial charge is 0.495 e. The molecule has 0 aromatic heterocycles. The van der Waals surface area contributed by atoms with Crippen LogP contribution in [-0.4, -0.2) is 51.7 Å². The maximum Gasteiger partial charge on any atom is 0.330 e. The molecule has 0 aliphatic carbocycles. The number of benzene rings is 3. The minimum absolute atomic E-state index is 0.147. The molecule has 41 heavy (non-hydrogen) atoms. The first-order valence-electron chi connectivity index (χ1n) is 12.5. The van der Waals surface area contributed by atoms with Gasteiger partial charge < -0.3 is 23.7 Å². The predicted molar refractivity (Wildman–Crippen MR) is 161 cm³/mol. The third-order valence-electron chi connectivity index (χ3n) is 5.33. The Morgan fingerprint density at radius 3 is 1.90 bits per heavy atom. The second kappa shape index (κ2) is 16.4. The van der Waals surface area contributed by atoms with E-state index in [0.29, 0.717) is 17.2 Å². The smallest absolute Gasteiger partial charge is 0.330 e. The molecule has 0 amide bonds. The number of hydrogen-bond acceptors (Lipinski definition) is 9. The summed E-state index contributed by atoms with van der Waals surface area (Å²) in [7, 11) is 1.62. The van der Waals surface area contributed by atoms with Crippen LogP contribution in [-0.2, 0) is 19.1 Å². The van der Waals surface area contributed by atoms with Gasteiger partial charge in [0.05, 0.1) is 17.7 Å². The van der Waals surface area contributed by atoms with Gasteiger partial charge in [0.25, 0.3) is 0 Å². The first kappa shape index (κ1) is 30.8. The van der Waals surface area contributed by atoms with Gasteiger partial charge in [0.2, 0.25) is 0 Å². The van der Waals surface area contributed by atoms with Crippen LogP contribution in [0.2, 0.25) is 0 Å². The van der Waals surface area contributed by atoms with E-state index < -0.39 is 11.9 Å². The van der Waals surface area contributed by atoms with Crippen molar-refractivity contribution in [1.82, 2.24) is 0 Å². The summed E-state index contributed by atoms with van der Waals surface area (Å²) in [6, 6.07) is 20.6. The second-order valence-corrected chi connectivity index (χ2v) is 9.29. The maximum absolute atomic E-state index is 11.1. The maximum atomic E-state index is 11.1. The van der Waals surface area contributed by atoms with Crippen LogP contribution in [0.15, 0.2) is 109 Å². The van der Waals surface area contributed by atoms with Gasteiger partial charge >= 0.3 is 11.9 Å². The van der Waals surface area contributed by atoms with Crippen molar-refractivity contribution in [1.29, 1.82) is 0 Å². The second-order valence-electron chi connectivity index (χ2n) is 8.15. The molecule has 0 fully saturated rings. The van der Waals surface area contributed by atoms with E-state index in [4.69, 9.17) is 23.7 Å². The van der Waals surface area contributed by atoms with Crippen molar-refractivity contribution in [3.05, 3.63) is 110 Å². The van der Waals surface area contributed by atoms with Crippen LogP contribution in [0.3, 0.4) is 0 Å². The fourth-order valence-corrected chi connectivity index (χ4v) is 4.17. The number of aliphatic imine (C=N–C) groups is 1. The predicted octanol–water partition coefficient (Wildman–Crippen LogP) is 6.42. The molecule has 0 N–H and O–H groups in total. The van der Waals surface area contributed by atoms with Gasteiger partial charge in [0.15, 0.2) is 0 Å². The first-order valence-corrected chi connectivity index (χ1v) is 13.4. The van der Waals surface area contributed by atoms with Gasteiger partial charge in [-0.1, -0.05) is 43.6 Å². The molecule has 0 atom stereocenters. The fraction of sp³-hybridized carbons (Fsp3) is 0.156. The van der Waals surface area contributed by atoms with Crippen LogP contribution in [0.4, 0.5) is 5.69 Å². The molecule has 0 unspecified atom stereocenters. The van der Waals surface area contributed by atoms with Crippen molar-refractivity contribution in [2.75, 3.05) is 33.5 Å². The SMILES string of the molecule is C=CC(=O)OCCOc1ccc(C=Nc2ccc(SC(=C)c3ccc(OCCOC(=O)C=C)cc3)c(OC)c2)cc1. The molecule has 0 saturated heterocycles. The molecular formula is C32H31NO7S. The van der Waals surface area contributed by atoms with Gasteiger partial charge in [-0.15, -0.1) is 0 Å². The Morgan fingerprint density at radius 1 is 0.805 bits per heavy atom. The van der Waals surface area contributed by atoms with Crippen molar-refractivity contribution in [2.45, 2.75) is 4.90 Å². The highest BCUT2D eigenvalue weighted by Gasteiger charge is 2.09. The van der Waals surface area contributed by atoms with Gasteiger partial charge in [-0.25, -0.2) is 9.59 Å². The average molecular weight is 574 g/mol. The van der Waals surface area contributed by atoms with Crippen molar-refractivity contribution in [3.63, 3.8) is 0 Å². The van der Waals surface area contributed by atoms with Gasteiger partial charge in [-0.05, 0) is 59.7 Å². The molecular weight excluding hydrogens is 542 g/mol. The molecule has 0 bridgehead atoms. The minimum Gasteiger partial charge on any atom is -0.495 e. The number of hydrogen-bond donors (Lipinski definition) is 0. The first-order chi connectivity index (χ1) is 19.9. The van der Waals surface area contributed by atoms with E-state index in [1.165, 1.54) is 11.8 Å². The van der Waals surface area contributed by atoms with Crippen LogP contribution < -0.4 is 14.2 Å². The highest BCUT2D eigenvalue weighted by molar-refractivity contribution is 8.08. The van der Waals surface area contributed by atoms with Crippen molar-refractivity contribution < 1.29 is 33.3 Å². The van der Waals surface area contributed by atoms with Crippen LogP contribution in [0, 0.1) is 0 Å². The number of rotatable bonds is 16. The van der Waals surface area contributed by atoms with Crippen molar-refractivity contribution in [2.24, 2.45) is 4.99 Å². The molecule has 0 saturated carbocycles. The number of esters is 2. The van der Waals surface area contributed by atoms with Gasteiger partial charge in [0.1, 0.15) is 43.7 Å². The summed E-state index contributed by atoms with van der Waals surface area (Å²) in [5.74, 6) is 1.05. The number of thioether (sulfide) groups is 1. The number of methoxy groups -OCH3 is 1. The summed E-state index contributed by atoms with van der Waals surface area (Å²) in [6.45, 7) is 11.7. The van der Waals surface area contributed by atoms with Gasteiger partial charge in [-0.2, -0.15) is 0 Å². The van der Waals surface area contributed by atoms with Crippen molar-refractivity contribution >= 4 is 40.5 Å². The summed E-state index contributed by atoms with van der Waals surface area (Å²) in [4.78, 5) is 28.4. The molecule has 0 aliphatic rings. The number of carbonyl (C=O) groups excluding carboxylic acids is 2. The molecule has 8 nitrogen and oxygen atoms in total. The van der Waals surface area contributed by atoms with E-state index in [1.54, 1.807) is 13.3 Å². The molecule has 0 spiro atoms. The summed E-state index contributed by atoms with van der Waals surface area (Å²) >= 11 is 1.49. The lowest BCUT2D eigenvalue weighted by Gasteiger charge is -2.12. The third kappa shape index (κ3) is 10.4. The lowest BCUT2D eigenvalue weighted by atomic mass is 10.2. The number of nitrogens with zero attached hydrogens (tertiary/aromatic N) is 1. The minimum atomic E-state index is -0.479. The lowest BCUT2D eigenvalue weighted by molar-refractivity contribution is -0.139. The number of carbonyl (C=O) groups is 2. The Balaban J connectivity index is 1.53. The summed E-state index contributed by atoms with van der Waals surface area (Å²) in [6.07, 6.45) is 3.98. The molecule has 3 aromatic rings. The third-order valence-corrected chi connectivity index (χ3v) is 6.36. The zero-order valence-corrected chi connectivity index (χ0v) is 23.6. The van der Waals surface area contributed by atoms with E-state index in [9.17, 15) is 9.59 Å². The van der Waals surface area contributed by atoms with E-state index in [1.807, 2.05) is 66.7 Å². The molecule has 9 heteroatoms. The highest BCUT2D eigenvalue weighted by Crippen LogP contribution is 2.40. The monoisotopic (exact) mass is 573 g/mol.